The molecular weight excluding hydrogens is 376 g/mol. The van der Waals surface area contributed by atoms with Crippen molar-refractivity contribution < 1.29 is 9.90 Å². The van der Waals surface area contributed by atoms with Crippen LogP contribution in [0.15, 0.2) is 42.6 Å². The van der Waals surface area contributed by atoms with Crippen molar-refractivity contribution in [2.75, 3.05) is 31.1 Å². The number of carbonyl (C=O) groups excluding carboxylic acids is 1. The number of carbonyl (C=O) groups is 1. The predicted octanol–water partition coefficient (Wildman–Crippen LogP) is 4.19. The van der Waals surface area contributed by atoms with Crippen LogP contribution in [0.1, 0.15) is 44.2 Å². The lowest BCUT2D eigenvalue weighted by Gasteiger charge is -2.32. The SMILES string of the molecule is CCN(CC)c1ccc(CNC(=O)N2CCC(CCc3ccc(O)cc3)CC2)cn1. The summed E-state index contributed by atoms with van der Waals surface area (Å²) >= 11 is 0. The number of aromatic hydroxyl groups is 1. The molecule has 2 N–H and O–H groups in total. The molecule has 0 unspecified atom stereocenters. The molecule has 1 aliphatic rings. The summed E-state index contributed by atoms with van der Waals surface area (Å²) in [5.74, 6) is 1.94. The van der Waals surface area contributed by atoms with Gasteiger partial charge in [0.2, 0.25) is 0 Å². The van der Waals surface area contributed by atoms with Gasteiger partial charge in [0, 0.05) is 38.9 Å². The van der Waals surface area contributed by atoms with Gasteiger partial charge in [-0.15, -0.1) is 0 Å². The Morgan fingerprint density at radius 3 is 2.37 bits per heavy atom. The highest BCUT2D eigenvalue weighted by Crippen LogP contribution is 2.23. The molecule has 30 heavy (non-hydrogen) atoms. The largest absolute Gasteiger partial charge is 0.508 e. The van der Waals surface area contributed by atoms with E-state index >= 15 is 0 Å². The number of likely N-dealkylation sites (tertiary alicyclic amines) is 1. The van der Waals surface area contributed by atoms with Crippen molar-refractivity contribution in [2.45, 2.75) is 46.1 Å². The number of anilines is 1. The number of hydrogen-bond acceptors (Lipinski definition) is 4. The highest BCUT2D eigenvalue weighted by molar-refractivity contribution is 5.74. The molecule has 0 radical (unpaired) electrons. The molecule has 0 atom stereocenters. The quantitative estimate of drug-likeness (QED) is 0.685. The Bertz CT molecular complexity index is 780. The molecule has 1 aliphatic heterocycles. The lowest BCUT2D eigenvalue weighted by molar-refractivity contribution is 0.168. The second-order valence-corrected chi connectivity index (χ2v) is 7.99. The van der Waals surface area contributed by atoms with Crippen LogP contribution in [0.4, 0.5) is 10.6 Å². The summed E-state index contributed by atoms with van der Waals surface area (Å²) in [4.78, 5) is 21.2. The Morgan fingerprint density at radius 2 is 1.77 bits per heavy atom. The highest BCUT2D eigenvalue weighted by Gasteiger charge is 2.22. The minimum Gasteiger partial charge on any atom is -0.508 e. The second kappa shape index (κ2) is 10.9. The Kier molecular flexibility index (Phi) is 7.94. The van der Waals surface area contributed by atoms with Crippen LogP contribution >= 0.6 is 0 Å². The topological polar surface area (TPSA) is 68.7 Å². The fourth-order valence-electron chi connectivity index (χ4n) is 4.00. The summed E-state index contributed by atoms with van der Waals surface area (Å²) in [6.07, 6.45) is 6.10. The van der Waals surface area contributed by atoms with E-state index in [2.05, 4.69) is 29.0 Å². The van der Waals surface area contributed by atoms with Gasteiger partial charge in [-0.1, -0.05) is 18.2 Å². The number of aryl methyl sites for hydroxylation is 1. The van der Waals surface area contributed by atoms with E-state index in [1.807, 2.05) is 35.4 Å². The molecule has 0 saturated carbocycles. The van der Waals surface area contributed by atoms with Gasteiger partial charge in [0.1, 0.15) is 11.6 Å². The van der Waals surface area contributed by atoms with Crippen LogP contribution in [0, 0.1) is 5.92 Å². The van der Waals surface area contributed by atoms with Gasteiger partial charge in [-0.3, -0.25) is 0 Å². The normalized spacial score (nSPS) is 14.5. The van der Waals surface area contributed by atoms with Crippen molar-refractivity contribution >= 4 is 11.8 Å². The Hall–Kier alpha value is -2.76. The number of urea groups is 1. The molecular formula is C24H34N4O2. The molecule has 1 saturated heterocycles. The van der Waals surface area contributed by atoms with E-state index in [1.165, 1.54) is 5.56 Å². The van der Waals surface area contributed by atoms with Gasteiger partial charge < -0.3 is 20.2 Å². The van der Waals surface area contributed by atoms with Gasteiger partial charge in [-0.25, -0.2) is 9.78 Å². The summed E-state index contributed by atoms with van der Waals surface area (Å²) in [6.45, 7) is 8.24. The number of aromatic nitrogens is 1. The Labute approximate surface area is 179 Å². The molecule has 0 aliphatic carbocycles. The first kappa shape index (κ1) is 21.9. The first-order valence-corrected chi connectivity index (χ1v) is 11.1. The average Bonchev–Trinajstić information content (AvgIpc) is 2.79. The van der Waals surface area contributed by atoms with Crippen molar-refractivity contribution in [3.05, 3.63) is 53.7 Å². The zero-order chi connectivity index (χ0) is 21.3. The molecule has 0 spiro atoms. The van der Waals surface area contributed by atoms with E-state index in [-0.39, 0.29) is 6.03 Å². The van der Waals surface area contributed by atoms with Gasteiger partial charge >= 0.3 is 6.03 Å². The van der Waals surface area contributed by atoms with E-state index in [4.69, 9.17) is 0 Å². The molecule has 1 fully saturated rings. The van der Waals surface area contributed by atoms with Gasteiger partial charge in [-0.2, -0.15) is 0 Å². The van der Waals surface area contributed by atoms with Gasteiger partial charge in [0.15, 0.2) is 0 Å². The van der Waals surface area contributed by atoms with Crippen LogP contribution in [0.5, 0.6) is 5.75 Å². The zero-order valence-electron chi connectivity index (χ0n) is 18.2. The molecule has 1 aromatic carbocycles. The second-order valence-electron chi connectivity index (χ2n) is 7.99. The molecule has 2 amide bonds. The highest BCUT2D eigenvalue weighted by atomic mass is 16.3. The number of piperidine rings is 1. The number of nitrogens with one attached hydrogen (secondary N) is 1. The summed E-state index contributed by atoms with van der Waals surface area (Å²) in [5, 5.41) is 12.4. The van der Waals surface area contributed by atoms with Crippen LogP contribution in [-0.2, 0) is 13.0 Å². The van der Waals surface area contributed by atoms with Crippen LogP contribution < -0.4 is 10.2 Å². The van der Waals surface area contributed by atoms with Crippen LogP contribution in [-0.4, -0.2) is 47.2 Å². The maximum Gasteiger partial charge on any atom is 0.317 e. The predicted molar refractivity (Wildman–Crippen MR) is 121 cm³/mol. The van der Waals surface area contributed by atoms with E-state index in [1.54, 1.807) is 12.1 Å². The van der Waals surface area contributed by atoms with Gasteiger partial charge in [0.05, 0.1) is 0 Å². The number of benzene rings is 1. The number of nitrogens with zero attached hydrogens (tertiary/aromatic N) is 3. The van der Waals surface area contributed by atoms with Crippen LogP contribution in [0.25, 0.3) is 0 Å². The Balaban J connectivity index is 1.38. The molecule has 2 heterocycles. The van der Waals surface area contributed by atoms with Crippen molar-refractivity contribution in [2.24, 2.45) is 5.92 Å². The van der Waals surface area contributed by atoms with Crippen LogP contribution in [0.2, 0.25) is 0 Å². The number of amides is 2. The maximum absolute atomic E-state index is 12.5. The molecule has 6 nitrogen and oxygen atoms in total. The third kappa shape index (κ3) is 6.12. The monoisotopic (exact) mass is 410 g/mol. The first-order chi connectivity index (χ1) is 14.6. The zero-order valence-corrected chi connectivity index (χ0v) is 18.2. The Morgan fingerprint density at radius 1 is 1.10 bits per heavy atom. The molecule has 2 aromatic rings. The molecule has 6 heteroatoms. The van der Waals surface area contributed by atoms with E-state index < -0.39 is 0 Å². The number of phenols is 1. The standard InChI is InChI=1S/C24H34N4O2/c1-3-27(4-2)23-12-9-21(17-25-23)18-26-24(30)28-15-13-20(14-16-28)6-5-19-7-10-22(29)11-8-19/h7-12,17,20,29H,3-6,13-16,18H2,1-2H3,(H,26,30). The summed E-state index contributed by atoms with van der Waals surface area (Å²) in [7, 11) is 0. The molecule has 1 aromatic heterocycles. The molecule has 3 rings (SSSR count). The lowest BCUT2D eigenvalue weighted by Crippen LogP contribution is -2.44. The van der Waals surface area contributed by atoms with Gasteiger partial charge in [-0.05, 0) is 74.8 Å². The summed E-state index contributed by atoms with van der Waals surface area (Å²) < 4.78 is 0. The van der Waals surface area contributed by atoms with E-state index in [9.17, 15) is 9.90 Å². The maximum atomic E-state index is 12.5. The van der Waals surface area contributed by atoms with Gasteiger partial charge in [0.25, 0.3) is 0 Å². The van der Waals surface area contributed by atoms with Crippen molar-refractivity contribution in [3.8, 4) is 5.75 Å². The number of hydrogen-bond donors (Lipinski definition) is 2. The summed E-state index contributed by atoms with van der Waals surface area (Å²) in [5.41, 5.74) is 2.27. The van der Waals surface area contributed by atoms with Crippen molar-refractivity contribution in [3.63, 3.8) is 0 Å². The number of rotatable bonds is 8. The number of pyridine rings is 1. The smallest absolute Gasteiger partial charge is 0.317 e. The third-order valence-electron chi connectivity index (χ3n) is 6.02. The van der Waals surface area contributed by atoms with Crippen LogP contribution in [0.3, 0.4) is 0 Å². The lowest BCUT2D eigenvalue weighted by atomic mass is 9.90. The average molecular weight is 411 g/mol. The van der Waals surface area contributed by atoms with Crippen molar-refractivity contribution in [1.29, 1.82) is 0 Å². The fraction of sp³-hybridized carbons (Fsp3) is 0.500. The van der Waals surface area contributed by atoms with E-state index in [0.717, 1.165) is 63.2 Å². The summed E-state index contributed by atoms with van der Waals surface area (Å²) in [6, 6.07) is 11.5. The minimum atomic E-state index is 0.0137. The molecule has 0 bridgehead atoms. The van der Waals surface area contributed by atoms with Crippen molar-refractivity contribution in [1.82, 2.24) is 15.2 Å². The number of phenolic OH excluding ortho intramolecular Hbond substituents is 1. The molecule has 162 valence electrons. The fourth-order valence-corrected chi connectivity index (χ4v) is 4.00. The first-order valence-electron chi connectivity index (χ1n) is 11.1. The minimum absolute atomic E-state index is 0.0137. The van der Waals surface area contributed by atoms with E-state index in [0.29, 0.717) is 18.2 Å². The third-order valence-corrected chi connectivity index (χ3v) is 6.02.